The molecule has 5 nitrogen and oxygen atoms in total. The maximum atomic E-state index is 13.5. The Hall–Kier alpha value is -1.82. The highest BCUT2D eigenvalue weighted by atomic mass is 19.1. The standard InChI is InChI=1S/C11H13FN4O/c1-7(2)16-11(14-6-15-16)10(17)8-3-4-13-5-9(8)12/h3-7,10,17H,1-2H3. The lowest BCUT2D eigenvalue weighted by atomic mass is 10.1. The van der Waals surface area contributed by atoms with Crippen LogP contribution < -0.4 is 0 Å². The van der Waals surface area contributed by atoms with Crippen LogP contribution >= 0.6 is 0 Å². The van der Waals surface area contributed by atoms with E-state index in [0.717, 1.165) is 6.20 Å². The zero-order chi connectivity index (χ0) is 12.4. The van der Waals surface area contributed by atoms with Gasteiger partial charge >= 0.3 is 0 Å². The fraction of sp³-hybridized carbons (Fsp3) is 0.364. The van der Waals surface area contributed by atoms with E-state index in [9.17, 15) is 9.50 Å². The Morgan fingerprint density at radius 1 is 1.41 bits per heavy atom. The quantitative estimate of drug-likeness (QED) is 0.876. The average molecular weight is 236 g/mol. The molecule has 0 aromatic carbocycles. The smallest absolute Gasteiger partial charge is 0.160 e. The number of aliphatic hydroxyl groups excluding tert-OH is 1. The predicted octanol–water partition coefficient (Wildman–Crippen LogP) is 1.47. The van der Waals surface area contributed by atoms with Crippen LogP contribution in [0, 0.1) is 5.82 Å². The van der Waals surface area contributed by atoms with E-state index in [1.54, 1.807) is 4.68 Å². The highest BCUT2D eigenvalue weighted by Crippen LogP contribution is 2.23. The highest BCUT2D eigenvalue weighted by molar-refractivity contribution is 5.21. The van der Waals surface area contributed by atoms with Crippen LogP contribution in [0.1, 0.15) is 37.4 Å². The normalized spacial score (nSPS) is 13.0. The van der Waals surface area contributed by atoms with Crippen molar-refractivity contribution in [2.45, 2.75) is 26.0 Å². The summed E-state index contributed by atoms with van der Waals surface area (Å²) in [5.41, 5.74) is 0.148. The first-order chi connectivity index (χ1) is 8.11. The zero-order valence-corrected chi connectivity index (χ0v) is 9.58. The van der Waals surface area contributed by atoms with Crippen molar-refractivity contribution in [3.63, 3.8) is 0 Å². The molecule has 90 valence electrons. The molecule has 1 N–H and O–H groups in total. The van der Waals surface area contributed by atoms with E-state index < -0.39 is 11.9 Å². The number of pyridine rings is 1. The molecule has 2 rings (SSSR count). The molecule has 0 radical (unpaired) electrons. The average Bonchev–Trinajstić information content (AvgIpc) is 2.77. The maximum absolute atomic E-state index is 13.5. The van der Waals surface area contributed by atoms with E-state index in [1.165, 1.54) is 18.6 Å². The van der Waals surface area contributed by atoms with Gasteiger partial charge in [-0.15, -0.1) is 0 Å². The second-order valence-electron chi connectivity index (χ2n) is 3.96. The summed E-state index contributed by atoms with van der Waals surface area (Å²) >= 11 is 0. The first-order valence-electron chi connectivity index (χ1n) is 5.28. The summed E-state index contributed by atoms with van der Waals surface area (Å²) in [7, 11) is 0. The van der Waals surface area contributed by atoms with Gasteiger partial charge in [0.1, 0.15) is 18.2 Å². The molecule has 0 spiro atoms. The minimum atomic E-state index is -1.14. The third-order valence-corrected chi connectivity index (χ3v) is 2.43. The largest absolute Gasteiger partial charge is 0.380 e. The molecule has 2 aromatic rings. The van der Waals surface area contributed by atoms with Crippen LogP contribution in [0.5, 0.6) is 0 Å². The van der Waals surface area contributed by atoms with Crippen LogP contribution in [0.25, 0.3) is 0 Å². The summed E-state index contributed by atoms with van der Waals surface area (Å²) in [6.07, 6.45) is 2.70. The fourth-order valence-corrected chi connectivity index (χ4v) is 1.60. The molecule has 0 aliphatic carbocycles. The van der Waals surface area contributed by atoms with Gasteiger partial charge in [0.2, 0.25) is 0 Å². The molecular formula is C11H13FN4O. The molecular weight excluding hydrogens is 223 g/mol. The molecule has 17 heavy (non-hydrogen) atoms. The van der Waals surface area contributed by atoms with E-state index >= 15 is 0 Å². The Morgan fingerprint density at radius 2 is 2.18 bits per heavy atom. The van der Waals surface area contributed by atoms with Crippen molar-refractivity contribution in [3.05, 3.63) is 42.0 Å². The van der Waals surface area contributed by atoms with Gasteiger partial charge in [0, 0.05) is 17.8 Å². The van der Waals surface area contributed by atoms with Crippen LogP contribution in [0.15, 0.2) is 24.8 Å². The van der Waals surface area contributed by atoms with Gasteiger partial charge < -0.3 is 5.11 Å². The molecule has 1 unspecified atom stereocenters. The maximum Gasteiger partial charge on any atom is 0.160 e. The lowest BCUT2D eigenvalue weighted by Gasteiger charge is -2.14. The van der Waals surface area contributed by atoms with Crippen molar-refractivity contribution < 1.29 is 9.50 Å². The number of hydrogen-bond donors (Lipinski definition) is 1. The van der Waals surface area contributed by atoms with E-state index in [-0.39, 0.29) is 11.6 Å². The minimum absolute atomic E-state index is 0.0482. The first-order valence-corrected chi connectivity index (χ1v) is 5.28. The van der Waals surface area contributed by atoms with Gasteiger partial charge in [0.25, 0.3) is 0 Å². The SMILES string of the molecule is CC(C)n1ncnc1C(O)c1ccncc1F. The van der Waals surface area contributed by atoms with Crippen molar-refractivity contribution >= 4 is 0 Å². The summed E-state index contributed by atoms with van der Waals surface area (Å²) in [6, 6.07) is 1.48. The van der Waals surface area contributed by atoms with Gasteiger partial charge in [0.05, 0.1) is 6.20 Å². The molecule has 0 fully saturated rings. The molecule has 0 saturated carbocycles. The molecule has 0 aliphatic heterocycles. The Labute approximate surface area is 98.0 Å². The lowest BCUT2D eigenvalue weighted by Crippen LogP contribution is -2.14. The Balaban J connectivity index is 2.41. The van der Waals surface area contributed by atoms with Gasteiger partial charge in [-0.3, -0.25) is 4.98 Å². The third-order valence-electron chi connectivity index (χ3n) is 2.43. The molecule has 6 heteroatoms. The molecule has 2 heterocycles. The van der Waals surface area contributed by atoms with E-state index in [4.69, 9.17) is 0 Å². The molecule has 1 atom stereocenters. The van der Waals surface area contributed by atoms with Crippen LogP contribution in [0.4, 0.5) is 4.39 Å². The number of aromatic nitrogens is 4. The van der Waals surface area contributed by atoms with Crippen LogP contribution in [-0.2, 0) is 0 Å². The van der Waals surface area contributed by atoms with Crippen molar-refractivity contribution in [2.24, 2.45) is 0 Å². The van der Waals surface area contributed by atoms with Crippen LogP contribution in [0.3, 0.4) is 0 Å². The Bertz CT molecular complexity index is 512. The van der Waals surface area contributed by atoms with Gasteiger partial charge in [-0.2, -0.15) is 5.10 Å². The molecule has 0 saturated heterocycles. The van der Waals surface area contributed by atoms with Crippen molar-refractivity contribution in [1.82, 2.24) is 19.7 Å². The summed E-state index contributed by atoms with van der Waals surface area (Å²) in [4.78, 5) is 7.61. The van der Waals surface area contributed by atoms with Crippen LogP contribution in [0.2, 0.25) is 0 Å². The monoisotopic (exact) mass is 236 g/mol. The second kappa shape index (κ2) is 4.58. The molecule has 0 bridgehead atoms. The summed E-state index contributed by atoms with van der Waals surface area (Å²) in [5, 5.41) is 14.1. The van der Waals surface area contributed by atoms with Gasteiger partial charge in [-0.25, -0.2) is 14.1 Å². The molecule has 0 aliphatic rings. The summed E-state index contributed by atoms with van der Waals surface area (Å²) in [5.74, 6) is -0.233. The van der Waals surface area contributed by atoms with Crippen molar-refractivity contribution in [2.75, 3.05) is 0 Å². The van der Waals surface area contributed by atoms with E-state index in [2.05, 4.69) is 15.1 Å². The number of rotatable bonds is 3. The van der Waals surface area contributed by atoms with E-state index in [1.807, 2.05) is 13.8 Å². The Morgan fingerprint density at radius 3 is 2.82 bits per heavy atom. The number of nitrogens with zero attached hydrogens (tertiary/aromatic N) is 4. The zero-order valence-electron chi connectivity index (χ0n) is 9.58. The highest BCUT2D eigenvalue weighted by Gasteiger charge is 2.21. The number of halogens is 1. The topological polar surface area (TPSA) is 63.8 Å². The summed E-state index contributed by atoms with van der Waals surface area (Å²) in [6.45, 7) is 3.82. The number of aliphatic hydroxyl groups is 1. The number of hydrogen-bond acceptors (Lipinski definition) is 4. The van der Waals surface area contributed by atoms with Crippen LogP contribution in [-0.4, -0.2) is 24.9 Å². The second-order valence-corrected chi connectivity index (χ2v) is 3.96. The first kappa shape index (κ1) is 11.7. The molecule has 0 amide bonds. The summed E-state index contributed by atoms with van der Waals surface area (Å²) < 4.78 is 15.0. The fourth-order valence-electron chi connectivity index (χ4n) is 1.60. The van der Waals surface area contributed by atoms with Crippen molar-refractivity contribution in [1.29, 1.82) is 0 Å². The molecule has 2 aromatic heterocycles. The van der Waals surface area contributed by atoms with Gasteiger partial charge in [-0.1, -0.05) is 0 Å². The van der Waals surface area contributed by atoms with E-state index in [0.29, 0.717) is 5.82 Å². The van der Waals surface area contributed by atoms with Gasteiger partial charge in [-0.05, 0) is 19.9 Å². The predicted molar refractivity (Wildman–Crippen MR) is 58.7 cm³/mol. The third kappa shape index (κ3) is 2.16. The van der Waals surface area contributed by atoms with Gasteiger partial charge in [0.15, 0.2) is 5.82 Å². The minimum Gasteiger partial charge on any atom is -0.380 e. The lowest BCUT2D eigenvalue weighted by molar-refractivity contribution is 0.194. The Kier molecular flexibility index (Phi) is 3.14. The van der Waals surface area contributed by atoms with Crippen molar-refractivity contribution in [3.8, 4) is 0 Å².